The Hall–Kier alpha value is -2.47. The Morgan fingerprint density at radius 3 is 2.73 bits per heavy atom. The lowest BCUT2D eigenvalue weighted by Gasteiger charge is -2.29. The number of aliphatic hydroxyl groups is 1. The third-order valence-corrected chi connectivity index (χ3v) is 3.45. The number of hydrogen-bond donors (Lipinski definition) is 2. The second-order valence-corrected chi connectivity index (χ2v) is 4.97. The molecule has 0 fully saturated rings. The summed E-state index contributed by atoms with van der Waals surface area (Å²) in [6, 6.07) is 8.40. The van der Waals surface area contributed by atoms with Crippen LogP contribution in [-0.4, -0.2) is 38.5 Å². The van der Waals surface area contributed by atoms with Gasteiger partial charge < -0.3 is 15.7 Å². The van der Waals surface area contributed by atoms with Crippen LogP contribution < -0.4 is 5.73 Å². The summed E-state index contributed by atoms with van der Waals surface area (Å²) in [5, 5.41) is 9.57. The quantitative estimate of drug-likeness (QED) is 0.843. The predicted molar refractivity (Wildman–Crippen MR) is 83.9 cm³/mol. The van der Waals surface area contributed by atoms with Gasteiger partial charge in [-0.3, -0.25) is 14.8 Å². The zero-order valence-corrected chi connectivity index (χ0v) is 12.5. The number of aromatic nitrogens is 2. The van der Waals surface area contributed by atoms with Crippen molar-refractivity contribution in [3.8, 4) is 0 Å². The summed E-state index contributed by atoms with van der Waals surface area (Å²) in [4.78, 5) is 22.6. The first-order valence-electron chi connectivity index (χ1n) is 7.19. The van der Waals surface area contributed by atoms with Gasteiger partial charge in [-0.25, -0.2) is 0 Å². The molecule has 0 aliphatic rings. The first-order chi connectivity index (χ1) is 10.7. The molecule has 0 aliphatic carbocycles. The number of rotatable bonds is 6. The van der Waals surface area contributed by atoms with Gasteiger partial charge in [0, 0.05) is 18.1 Å². The van der Waals surface area contributed by atoms with Crippen molar-refractivity contribution in [1.82, 2.24) is 14.9 Å². The number of nitrogens with two attached hydrogens (primary N) is 1. The number of hydrogen-bond acceptors (Lipinski definition) is 5. The number of carbonyl (C=O) groups excluding carboxylic acids is 1. The van der Waals surface area contributed by atoms with Crippen LogP contribution in [0.4, 0.5) is 5.69 Å². The minimum Gasteiger partial charge on any atom is -0.399 e. The average Bonchev–Trinajstić information content (AvgIpc) is 2.55. The lowest BCUT2D eigenvalue weighted by Crippen LogP contribution is -2.42. The number of nitrogens with zero attached hydrogens (tertiary/aromatic N) is 3. The molecular formula is C16H20N4O2. The lowest BCUT2D eigenvalue weighted by molar-refractivity contribution is 0.0554. The first kappa shape index (κ1) is 15.9. The van der Waals surface area contributed by atoms with Crippen molar-refractivity contribution in [3.05, 3.63) is 54.1 Å². The van der Waals surface area contributed by atoms with E-state index < -0.39 is 0 Å². The zero-order valence-electron chi connectivity index (χ0n) is 12.5. The van der Waals surface area contributed by atoms with Crippen molar-refractivity contribution in [2.45, 2.75) is 25.9 Å². The maximum atomic E-state index is 12.7. The van der Waals surface area contributed by atoms with Gasteiger partial charge in [0.25, 0.3) is 5.91 Å². The third-order valence-electron chi connectivity index (χ3n) is 3.45. The smallest absolute Gasteiger partial charge is 0.273 e. The van der Waals surface area contributed by atoms with Gasteiger partial charge in [-0.15, -0.1) is 0 Å². The van der Waals surface area contributed by atoms with Crippen LogP contribution in [0.2, 0.25) is 0 Å². The largest absolute Gasteiger partial charge is 0.399 e. The number of anilines is 1. The molecule has 2 heterocycles. The monoisotopic (exact) mass is 300 g/mol. The number of aliphatic hydroxyl groups excluding tert-OH is 1. The Morgan fingerprint density at radius 2 is 2.14 bits per heavy atom. The molecule has 0 saturated carbocycles. The standard InChI is InChI=1S/C16H20N4O2/c1-2-14(11-21)20(10-13-5-3-4-7-18-13)16(22)15-9-12(17)6-8-19-15/h3-9,14,21H,2,10-11H2,1H3,(H2,17,19). The molecule has 2 aromatic rings. The van der Waals surface area contributed by atoms with Gasteiger partial charge in [0.05, 0.1) is 24.9 Å². The van der Waals surface area contributed by atoms with Crippen molar-refractivity contribution < 1.29 is 9.90 Å². The van der Waals surface area contributed by atoms with Crippen molar-refractivity contribution in [2.75, 3.05) is 12.3 Å². The summed E-state index contributed by atoms with van der Waals surface area (Å²) in [6.07, 6.45) is 3.81. The summed E-state index contributed by atoms with van der Waals surface area (Å²) in [7, 11) is 0. The molecule has 116 valence electrons. The second-order valence-electron chi connectivity index (χ2n) is 4.97. The molecule has 1 amide bonds. The normalized spacial score (nSPS) is 11.9. The summed E-state index contributed by atoms with van der Waals surface area (Å²) in [5.74, 6) is -0.265. The fraction of sp³-hybridized carbons (Fsp3) is 0.312. The highest BCUT2D eigenvalue weighted by Gasteiger charge is 2.24. The highest BCUT2D eigenvalue weighted by atomic mass is 16.3. The van der Waals surface area contributed by atoms with E-state index in [2.05, 4.69) is 9.97 Å². The number of pyridine rings is 2. The molecule has 1 atom stereocenters. The molecule has 0 aromatic carbocycles. The molecule has 6 nitrogen and oxygen atoms in total. The van der Waals surface area contributed by atoms with Gasteiger partial charge in [0.2, 0.25) is 0 Å². The third kappa shape index (κ3) is 3.79. The van der Waals surface area contributed by atoms with Crippen molar-refractivity contribution >= 4 is 11.6 Å². The van der Waals surface area contributed by atoms with E-state index in [1.54, 1.807) is 17.2 Å². The van der Waals surface area contributed by atoms with Crippen LogP contribution in [0.3, 0.4) is 0 Å². The Morgan fingerprint density at radius 1 is 1.32 bits per heavy atom. The van der Waals surface area contributed by atoms with Crippen molar-refractivity contribution in [1.29, 1.82) is 0 Å². The molecule has 2 aromatic heterocycles. The summed E-state index contributed by atoms with van der Waals surface area (Å²) in [6.45, 7) is 2.12. The summed E-state index contributed by atoms with van der Waals surface area (Å²) < 4.78 is 0. The van der Waals surface area contributed by atoms with Gasteiger partial charge in [0.15, 0.2) is 0 Å². The molecule has 0 spiro atoms. The topological polar surface area (TPSA) is 92.3 Å². The minimum atomic E-state index is -0.294. The molecule has 2 rings (SSSR count). The summed E-state index contributed by atoms with van der Waals surface area (Å²) >= 11 is 0. The van der Waals surface area contributed by atoms with Crippen LogP contribution in [0.15, 0.2) is 42.7 Å². The minimum absolute atomic E-state index is 0.114. The molecule has 1 unspecified atom stereocenters. The van der Waals surface area contributed by atoms with Gasteiger partial charge >= 0.3 is 0 Å². The maximum absolute atomic E-state index is 12.7. The molecular weight excluding hydrogens is 280 g/mol. The van der Waals surface area contributed by atoms with Crippen molar-refractivity contribution in [3.63, 3.8) is 0 Å². The van der Waals surface area contributed by atoms with Crippen LogP contribution in [0, 0.1) is 0 Å². The number of nitrogen functional groups attached to an aromatic ring is 1. The van der Waals surface area contributed by atoms with Crippen LogP contribution in [-0.2, 0) is 6.54 Å². The van der Waals surface area contributed by atoms with Crippen molar-refractivity contribution in [2.24, 2.45) is 0 Å². The molecule has 3 N–H and O–H groups in total. The van der Waals surface area contributed by atoms with E-state index in [0.717, 1.165) is 5.69 Å². The SMILES string of the molecule is CCC(CO)N(Cc1ccccn1)C(=O)c1cc(N)ccn1. The maximum Gasteiger partial charge on any atom is 0.273 e. The van der Waals surface area contributed by atoms with E-state index in [1.165, 1.54) is 12.3 Å². The van der Waals surface area contributed by atoms with Gasteiger partial charge in [-0.05, 0) is 30.7 Å². The first-order valence-corrected chi connectivity index (χ1v) is 7.19. The van der Waals surface area contributed by atoms with E-state index in [1.807, 2.05) is 25.1 Å². The van der Waals surface area contributed by atoms with Crippen LogP contribution in [0.5, 0.6) is 0 Å². The fourth-order valence-corrected chi connectivity index (χ4v) is 2.19. The molecule has 0 saturated heterocycles. The highest BCUT2D eigenvalue weighted by Crippen LogP contribution is 2.14. The van der Waals surface area contributed by atoms with Crippen LogP contribution in [0.1, 0.15) is 29.5 Å². The number of carbonyl (C=O) groups is 1. The fourth-order valence-electron chi connectivity index (χ4n) is 2.19. The van der Waals surface area contributed by atoms with E-state index in [9.17, 15) is 9.90 Å². The van der Waals surface area contributed by atoms with E-state index >= 15 is 0 Å². The predicted octanol–water partition coefficient (Wildman–Crippen LogP) is 1.47. The van der Waals surface area contributed by atoms with E-state index in [0.29, 0.717) is 18.7 Å². The van der Waals surface area contributed by atoms with Gasteiger partial charge in [0.1, 0.15) is 5.69 Å². The van der Waals surface area contributed by atoms with Crippen LogP contribution in [0.25, 0.3) is 0 Å². The van der Waals surface area contributed by atoms with E-state index in [4.69, 9.17) is 5.73 Å². The highest BCUT2D eigenvalue weighted by molar-refractivity contribution is 5.93. The Balaban J connectivity index is 2.29. The van der Waals surface area contributed by atoms with Gasteiger partial charge in [-0.1, -0.05) is 13.0 Å². The average molecular weight is 300 g/mol. The molecule has 0 aliphatic heterocycles. The van der Waals surface area contributed by atoms with Gasteiger partial charge in [-0.2, -0.15) is 0 Å². The molecule has 0 bridgehead atoms. The zero-order chi connectivity index (χ0) is 15.9. The molecule has 6 heteroatoms. The lowest BCUT2D eigenvalue weighted by atomic mass is 10.1. The number of amides is 1. The Kier molecular flexibility index (Phi) is 5.43. The molecule has 22 heavy (non-hydrogen) atoms. The summed E-state index contributed by atoms with van der Waals surface area (Å²) in [5.41, 5.74) is 7.22. The van der Waals surface area contributed by atoms with E-state index in [-0.39, 0.29) is 24.2 Å². The second kappa shape index (κ2) is 7.51. The van der Waals surface area contributed by atoms with Crippen LogP contribution >= 0.6 is 0 Å². The Labute approximate surface area is 129 Å². The Bertz CT molecular complexity index is 615. The molecule has 0 radical (unpaired) electrons.